The normalized spacial score (nSPS) is 26.7. The minimum Gasteiger partial charge on any atom is -0.396 e. The third kappa shape index (κ3) is 3.47. The van der Waals surface area contributed by atoms with Crippen LogP contribution in [0.1, 0.15) is 33.6 Å². The molecule has 1 fully saturated rings. The topological polar surface area (TPSA) is 58.6 Å². The lowest BCUT2D eigenvalue weighted by atomic mass is 9.98. The van der Waals surface area contributed by atoms with Gasteiger partial charge >= 0.3 is 0 Å². The molecule has 1 aliphatic heterocycles. The van der Waals surface area contributed by atoms with Gasteiger partial charge in [0.25, 0.3) is 0 Å². The zero-order chi connectivity index (χ0) is 11.5. The molecule has 0 spiro atoms. The number of amides is 1. The molecule has 1 aliphatic rings. The maximum Gasteiger partial charge on any atom is 0.249 e. The first-order valence-electron chi connectivity index (χ1n) is 5.51. The Morgan fingerprint density at radius 3 is 2.73 bits per heavy atom. The fraction of sp³-hybridized carbons (Fsp3) is 0.909. The van der Waals surface area contributed by atoms with Gasteiger partial charge in [0.15, 0.2) is 0 Å². The van der Waals surface area contributed by atoms with Crippen molar-refractivity contribution in [3.63, 3.8) is 0 Å². The van der Waals surface area contributed by atoms with E-state index in [4.69, 9.17) is 9.84 Å². The molecule has 2 atom stereocenters. The minimum atomic E-state index is -0.364. The maximum absolute atomic E-state index is 11.8. The minimum absolute atomic E-state index is 0.0570. The van der Waals surface area contributed by atoms with E-state index in [1.807, 2.05) is 20.8 Å². The van der Waals surface area contributed by atoms with Crippen molar-refractivity contribution < 1.29 is 14.6 Å². The zero-order valence-electron chi connectivity index (χ0n) is 9.75. The van der Waals surface area contributed by atoms with Crippen molar-refractivity contribution in [2.75, 3.05) is 13.2 Å². The highest BCUT2D eigenvalue weighted by atomic mass is 16.5. The summed E-state index contributed by atoms with van der Waals surface area (Å²) >= 11 is 0. The van der Waals surface area contributed by atoms with Crippen LogP contribution in [0.25, 0.3) is 0 Å². The van der Waals surface area contributed by atoms with Gasteiger partial charge in [-0.1, -0.05) is 6.92 Å². The summed E-state index contributed by atoms with van der Waals surface area (Å²) in [6, 6.07) is 0. The van der Waals surface area contributed by atoms with Crippen LogP contribution in [0.5, 0.6) is 0 Å². The van der Waals surface area contributed by atoms with Crippen LogP contribution >= 0.6 is 0 Å². The number of ether oxygens (including phenoxy) is 1. The first-order chi connectivity index (χ1) is 6.96. The van der Waals surface area contributed by atoms with E-state index in [0.29, 0.717) is 13.0 Å². The Bertz CT molecular complexity index is 228. The molecule has 15 heavy (non-hydrogen) atoms. The van der Waals surface area contributed by atoms with Crippen LogP contribution in [0.3, 0.4) is 0 Å². The molecule has 0 saturated carbocycles. The first kappa shape index (κ1) is 12.5. The molecule has 88 valence electrons. The summed E-state index contributed by atoms with van der Waals surface area (Å²) in [7, 11) is 0. The van der Waals surface area contributed by atoms with Crippen molar-refractivity contribution in [1.29, 1.82) is 0 Å². The molecular weight excluding hydrogens is 194 g/mol. The number of aliphatic hydroxyl groups is 1. The fourth-order valence-corrected chi connectivity index (χ4v) is 1.78. The van der Waals surface area contributed by atoms with Gasteiger partial charge in [0.2, 0.25) is 5.91 Å². The second kappa shape index (κ2) is 4.94. The van der Waals surface area contributed by atoms with Gasteiger partial charge in [-0.15, -0.1) is 0 Å². The largest absolute Gasteiger partial charge is 0.396 e. The lowest BCUT2D eigenvalue weighted by molar-refractivity contribution is -0.133. The Labute approximate surface area is 91.0 Å². The van der Waals surface area contributed by atoms with Crippen LogP contribution in [-0.4, -0.2) is 35.9 Å². The molecule has 1 heterocycles. The third-order valence-electron chi connectivity index (χ3n) is 2.84. The number of carbonyl (C=O) groups is 1. The Kier molecular flexibility index (Phi) is 4.11. The third-order valence-corrected chi connectivity index (χ3v) is 2.84. The second-order valence-corrected chi connectivity index (χ2v) is 4.90. The number of rotatable bonds is 4. The van der Waals surface area contributed by atoms with Crippen molar-refractivity contribution in [2.24, 2.45) is 5.92 Å². The predicted molar refractivity (Wildman–Crippen MR) is 57.4 cm³/mol. The van der Waals surface area contributed by atoms with E-state index in [0.717, 1.165) is 6.42 Å². The van der Waals surface area contributed by atoms with Crippen molar-refractivity contribution in [3.05, 3.63) is 0 Å². The van der Waals surface area contributed by atoms with Gasteiger partial charge in [-0.05, 0) is 32.6 Å². The summed E-state index contributed by atoms with van der Waals surface area (Å²) in [5, 5.41) is 11.8. The van der Waals surface area contributed by atoms with Crippen molar-refractivity contribution in [1.82, 2.24) is 5.32 Å². The second-order valence-electron chi connectivity index (χ2n) is 4.90. The quantitative estimate of drug-likeness (QED) is 0.725. The van der Waals surface area contributed by atoms with Crippen LogP contribution in [-0.2, 0) is 9.53 Å². The molecule has 1 rings (SSSR count). The molecule has 0 aromatic heterocycles. The number of carbonyl (C=O) groups excluding carboxylic acids is 1. The molecule has 4 heteroatoms. The Balaban J connectivity index is 2.47. The average Bonchev–Trinajstić information content (AvgIpc) is 2.50. The number of aliphatic hydroxyl groups excluding tert-OH is 1. The van der Waals surface area contributed by atoms with Gasteiger partial charge in [-0.25, -0.2) is 0 Å². The summed E-state index contributed by atoms with van der Waals surface area (Å²) < 4.78 is 5.38. The van der Waals surface area contributed by atoms with Crippen molar-refractivity contribution in [3.8, 4) is 0 Å². The van der Waals surface area contributed by atoms with E-state index < -0.39 is 0 Å². The van der Waals surface area contributed by atoms with Crippen LogP contribution in [0.2, 0.25) is 0 Å². The molecule has 1 amide bonds. The lowest BCUT2D eigenvalue weighted by Gasteiger charge is -2.27. The molecule has 0 bridgehead atoms. The molecular formula is C11H21NO3. The number of nitrogens with one attached hydrogen (secondary N) is 1. The van der Waals surface area contributed by atoms with E-state index in [1.54, 1.807) is 0 Å². The van der Waals surface area contributed by atoms with Gasteiger partial charge in [-0.2, -0.15) is 0 Å². The molecule has 0 aromatic carbocycles. The SMILES string of the molecule is CC1CCOC1C(=O)NC(C)(C)CCO. The molecule has 2 unspecified atom stereocenters. The molecule has 0 aromatic rings. The zero-order valence-corrected chi connectivity index (χ0v) is 9.75. The van der Waals surface area contributed by atoms with E-state index >= 15 is 0 Å². The van der Waals surface area contributed by atoms with Crippen LogP contribution in [0.15, 0.2) is 0 Å². The van der Waals surface area contributed by atoms with Crippen LogP contribution in [0.4, 0.5) is 0 Å². The molecule has 1 saturated heterocycles. The summed E-state index contributed by atoms with van der Waals surface area (Å²) in [5.74, 6) is 0.230. The van der Waals surface area contributed by atoms with E-state index in [2.05, 4.69) is 5.32 Å². The Morgan fingerprint density at radius 1 is 1.60 bits per heavy atom. The van der Waals surface area contributed by atoms with Crippen LogP contribution < -0.4 is 5.32 Å². The van der Waals surface area contributed by atoms with E-state index in [-0.39, 0.29) is 30.1 Å². The fourth-order valence-electron chi connectivity index (χ4n) is 1.78. The average molecular weight is 215 g/mol. The van der Waals surface area contributed by atoms with Gasteiger partial charge in [0.05, 0.1) is 0 Å². The molecule has 4 nitrogen and oxygen atoms in total. The van der Waals surface area contributed by atoms with Crippen molar-refractivity contribution in [2.45, 2.75) is 45.3 Å². The van der Waals surface area contributed by atoms with Gasteiger partial charge < -0.3 is 15.2 Å². The van der Waals surface area contributed by atoms with Gasteiger partial charge in [-0.3, -0.25) is 4.79 Å². The Hall–Kier alpha value is -0.610. The number of hydrogen-bond acceptors (Lipinski definition) is 3. The molecule has 0 aliphatic carbocycles. The van der Waals surface area contributed by atoms with Gasteiger partial charge in [0, 0.05) is 18.8 Å². The summed E-state index contributed by atoms with van der Waals surface area (Å²) in [5.41, 5.74) is -0.364. The van der Waals surface area contributed by atoms with E-state index in [1.165, 1.54) is 0 Å². The Morgan fingerprint density at radius 2 is 2.27 bits per heavy atom. The lowest BCUT2D eigenvalue weighted by Crippen LogP contribution is -2.49. The highest BCUT2D eigenvalue weighted by molar-refractivity contribution is 5.82. The number of hydrogen-bond donors (Lipinski definition) is 2. The standard InChI is InChI=1S/C11H21NO3/c1-8-4-7-15-9(8)10(14)12-11(2,3)5-6-13/h8-9,13H,4-7H2,1-3H3,(H,12,14). The van der Waals surface area contributed by atoms with Crippen LogP contribution in [0, 0.1) is 5.92 Å². The summed E-state index contributed by atoms with van der Waals surface area (Å²) in [6.07, 6.45) is 1.18. The van der Waals surface area contributed by atoms with Crippen molar-refractivity contribution >= 4 is 5.91 Å². The van der Waals surface area contributed by atoms with E-state index in [9.17, 15) is 4.79 Å². The summed E-state index contributed by atoms with van der Waals surface area (Å²) in [6.45, 7) is 6.58. The monoisotopic (exact) mass is 215 g/mol. The molecule has 0 radical (unpaired) electrons. The highest BCUT2D eigenvalue weighted by Crippen LogP contribution is 2.21. The highest BCUT2D eigenvalue weighted by Gasteiger charge is 2.33. The first-order valence-corrected chi connectivity index (χ1v) is 5.51. The van der Waals surface area contributed by atoms with Gasteiger partial charge in [0.1, 0.15) is 6.10 Å². The maximum atomic E-state index is 11.8. The molecule has 2 N–H and O–H groups in total. The summed E-state index contributed by atoms with van der Waals surface area (Å²) in [4.78, 5) is 11.8. The smallest absolute Gasteiger partial charge is 0.249 e. The predicted octanol–water partition coefficient (Wildman–Crippen LogP) is 0.689.